The smallest absolute Gasteiger partial charge is 0.131 e. The molecule has 1 N–H and O–H groups in total. The molecular formula is C21H42FNO. The molecule has 0 bridgehead atoms. The number of rotatable bonds is 13. The number of hydrogen-bond acceptors (Lipinski definition) is 2. The van der Waals surface area contributed by atoms with Gasteiger partial charge in [-0.05, 0) is 26.2 Å². The first-order valence-corrected chi connectivity index (χ1v) is 10.6. The highest BCUT2D eigenvalue weighted by molar-refractivity contribution is 4.93. The summed E-state index contributed by atoms with van der Waals surface area (Å²) in [5, 5.41) is 10.3. The van der Waals surface area contributed by atoms with Crippen LogP contribution in [0.1, 0.15) is 104 Å². The van der Waals surface area contributed by atoms with Gasteiger partial charge in [0.05, 0.1) is 0 Å². The molecule has 0 radical (unpaired) electrons. The molecule has 0 aromatic carbocycles. The van der Waals surface area contributed by atoms with Crippen LogP contribution in [0.25, 0.3) is 0 Å². The predicted octanol–water partition coefficient (Wildman–Crippen LogP) is 5.87. The second kappa shape index (κ2) is 12.2. The minimum absolute atomic E-state index is 0.481. The Morgan fingerprint density at radius 3 is 1.92 bits per heavy atom. The van der Waals surface area contributed by atoms with Crippen molar-refractivity contribution in [2.45, 2.75) is 122 Å². The largest absolute Gasteiger partial charge is 0.386 e. The molecule has 2 unspecified atom stereocenters. The van der Waals surface area contributed by atoms with Crippen LogP contribution in [0.2, 0.25) is 0 Å². The van der Waals surface area contributed by atoms with Gasteiger partial charge in [0.2, 0.25) is 0 Å². The summed E-state index contributed by atoms with van der Waals surface area (Å²) in [7, 11) is 0. The maximum Gasteiger partial charge on any atom is 0.131 e. The molecule has 0 aliphatic carbocycles. The molecule has 0 amide bonds. The van der Waals surface area contributed by atoms with Gasteiger partial charge in [-0.1, -0.05) is 78.1 Å². The molecule has 1 saturated heterocycles. The van der Waals surface area contributed by atoms with Gasteiger partial charge in [0.25, 0.3) is 0 Å². The lowest BCUT2D eigenvalue weighted by Crippen LogP contribution is -2.56. The number of piperidine rings is 1. The second-order valence-corrected chi connectivity index (χ2v) is 8.14. The Bertz CT molecular complexity index is 294. The molecule has 2 nitrogen and oxygen atoms in total. The Kier molecular flexibility index (Phi) is 11.2. The van der Waals surface area contributed by atoms with E-state index in [4.69, 9.17) is 0 Å². The van der Waals surface area contributed by atoms with Crippen LogP contribution in [0.5, 0.6) is 0 Å². The van der Waals surface area contributed by atoms with E-state index in [0.29, 0.717) is 19.0 Å². The number of nitrogens with zero attached hydrogens (tertiary/aromatic N) is 1. The van der Waals surface area contributed by atoms with Crippen LogP contribution in [0.4, 0.5) is 4.39 Å². The van der Waals surface area contributed by atoms with Crippen LogP contribution < -0.4 is 0 Å². The molecule has 2 atom stereocenters. The first-order chi connectivity index (χ1) is 11.5. The number of unbranched alkanes of at least 4 members (excludes halogenated alkanes) is 8. The lowest BCUT2D eigenvalue weighted by molar-refractivity contribution is -0.0869. The first-order valence-electron chi connectivity index (χ1n) is 10.6. The lowest BCUT2D eigenvalue weighted by atomic mass is 9.89. The van der Waals surface area contributed by atoms with Gasteiger partial charge in [0, 0.05) is 19.1 Å². The van der Waals surface area contributed by atoms with Gasteiger partial charge >= 0.3 is 0 Å². The normalized spacial score (nSPS) is 25.5. The number of halogens is 1. The van der Waals surface area contributed by atoms with E-state index in [1.165, 1.54) is 77.0 Å². The maximum atomic E-state index is 13.9. The fraction of sp³-hybridized carbons (Fsp3) is 1.00. The summed E-state index contributed by atoms with van der Waals surface area (Å²) in [6, 6.07) is 0.534. The van der Waals surface area contributed by atoms with Crippen molar-refractivity contribution < 1.29 is 9.50 Å². The van der Waals surface area contributed by atoms with E-state index < -0.39 is 11.8 Å². The number of aliphatic hydroxyl groups is 1. The first kappa shape index (κ1) is 21.9. The highest BCUT2D eigenvalue weighted by Gasteiger charge is 2.39. The van der Waals surface area contributed by atoms with E-state index in [2.05, 4.69) is 18.7 Å². The van der Waals surface area contributed by atoms with Gasteiger partial charge in [-0.15, -0.1) is 0 Å². The van der Waals surface area contributed by atoms with E-state index in [1.54, 1.807) is 6.92 Å². The van der Waals surface area contributed by atoms with E-state index in [-0.39, 0.29) is 0 Å². The van der Waals surface area contributed by atoms with Gasteiger partial charge < -0.3 is 5.11 Å². The van der Waals surface area contributed by atoms with Crippen LogP contribution in [0, 0.1) is 0 Å². The lowest BCUT2D eigenvalue weighted by Gasteiger charge is -2.43. The Hall–Kier alpha value is -0.150. The Labute approximate surface area is 150 Å². The highest BCUT2D eigenvalue weighted by Crippen LogP contribution is 2.28. The average molecular weight is 344 g/mol. The fourth-order valence-corrected chi connectivity index (χ4v) is 3.97. The molecule has 1 rings (SSSR count). The number of likely N-dealkylation sites (tertiary alicyclic amines) is 1. The maximum absolute atomic E-state index is 13.9. The third kappa shape index (κ3) is 8.29. The minimum Gasteiger partial charge on any atom is -0.386 e. The van der Waals surface area contributed by atoms with Crippen LogP contribution >= 0.6 is 0 Å². The van der Waals surface area contributed by atoms with E-state index in [1.807, 2.05) is 0 Å². The van der Waals surface area contributed by atoms with Crippen molar-refractivity contribution in [1.82, 2.24) is 4.90 Å². The second-order valence-electron chi connectivity index (χ2n) is 8.14. The summed E-state index contributed by atoms with van der Waals surface area (Å²) in [6.45, 7) is 7.49. The standard InChI is InChI=1S/C21H42FNO/c1-4-6-8-10-12-14-19(15-13-11-9-7-5-2)23-17-16-20(22)21(3,24)18-23/h19-20,24H,4-18H2,1-3H3. The van der Waals surface area contributed by atoms with Gasteiger partial charge in [-0.2, -0.15) is 0 Å². The van der Waals surface area contributed by atoms with E-state index in [0.717, 1.165) is 6.54 Å². The van der Waals surface area contributed by atoms with Gasteiger partial charge in [0.1, 0.15) is 11.8 Å². The van der Waals surface area contributed by atoms with Crippen LogP contribution in [0.15, 0.2) is 0 Å². The zero-order valence-corrected chi connectivity index (χ0v) is 16.5. The molecule has 0 aromatic rings. The van der Waals surface area contributed by atoms with Crippen molar-refractivity contribution in [2.24, 2.45) is 0 Å². The fourth-order valence-electron chi connectivity index (χ4n) is 3.97. The third-order valence-electron chi connectivity index (χ3n) is 5.67. The SMILES string of the molecule is CCCCCCCC(CCCCCCC)N1CCC(F)C(C)(O)C1. The summed E-state index contributed by atoms with van der Waals surface area (Å²) in [6.07, 6.45) is 14.9. The summed E-state index contributed by atoms with van der Waals surface area (Å²) in [5.74, 6) is 0. The predicted molar refractivity (Wildman–Crippen MR) is 102 cm³/mol. The van der Waals surface area contributed by atoms with E-state index in [9.17, 15) is 9.50 Å². The Morgan fingerprint density at radius 2 is 1.46 bits per heavy atom. The topological polar surface area (TPSA) is 23.5 Å². The van der Waals surface area contributed by atoms with Crippen molar-refractivity contribution in [1.29, 1.82) is 0 Å². The van der Waals surface area contributed by atoms with Crippen LogP contribution in [-0.4, -0.2) is 40.9 Å². The molecule has 1 fully saturated rings. The minimum atomic E-state index is -1.17. The number of alkyl halides is 1. The van der Waals surface area contributed by atoms with E-state index >= 15 is 0 Å². The molecule has 144 valence electrons. The zero-order valence-electron chi connectivity index (χ0n) is 16.5. The Morgan fingerprint density at radius 1 is 0.958 bits per heavy atom. The van der Waals surface area contributed by atoms with Gasteiger partial charge in [-0.3, -0.25) is 4.90 Å². The molecule has 3 heteroatoms. The number of hydrogen-bond donors (Lipinski definition) is 1. The summed E-state index contributed by atoms with van der Waals surface area (Å²) >= 11 is 0. The molecule has 1 aliphatic heterocycles. The number of β-amino-alcohol motifs (C(OH)–C–C–N with tert-alkyl or cyclic N) is 1. The molecule has 0 aromatic heterocycles. The summed E-state index contributed by atoms with van der Waals surface area (Å²) in [5.41, 5.74) is -1.17. The van der Waals surface area contributed by atoms with Crippen molar-refractivity contribution >= 4 is 0 Å². The quantitative estimate of drug-likeness (QED) is 0.423. The molecule has 1 heterocycles. The van der Waals surface area contributed by atoms with Crippen molar-refractivity contribution in [3.05, 3.63) is 0 Å². The van der Waals surface area contributed by atoms with Crippen LogP contribution in [-0.2, 0) is 0 Å². The third-order valence-corrected chi connectivity index (χ3v) is 5.67. The molecule has 0 saturated carbocycles. The van der Waals surface area contributed by atoms with Crippen molar-refractivity contribution in [3.63, 3.8) is 0 Å². The molecule has 1 aliphatic rings. The average Bonchev–Trinajstić information content (AvgIpc) is 2.55. The van der Waals surface area contributed by atoms with Crippen molar-refractivity contribution in [3.8, 4) is 0 Å². The van der Waals surface area contributed by atoms with Crippen molar-refractivity contribution in [2.75, 3.05) is 13.1 Å². The summed E-state index contributed by atoms with van der Waals surface area (Å²) in [4.78, 5) is 2.38. The molecule has 24 heavy (non-hydrogen) atoms. The Balaban J connectivity index is 2.43. The highest BCUT2D eigenvalue weighted by atomic mass is 19.1. The molecular weight excluding hydrogens is 301 g/mol. The monoisotopic (exact) mass is 343 g/mol. The van der Waals surface area contributed by atoms with Gasteiger partial charge in [0.15, 0.2) is 0 Å². The zero-order chi connectivity index (χ0) is 17.8. The molecule has 0 spiro atoms. The van der Waals surface area contributed by atoms with Gasteiger partial charge in [-0.25, -0.2) is 4.39 Å². The van der Waals surface area contributed by atoms with Crippen LogP contribution in [0.3, 0.4) is 0 Å². The summed E-state index contributed by atoms with van der Waals surface area (Å²) < 4.78 is 13.9.